The third-order valence-corrected chi connectivity index (χ3v) is 6.88. The number of carboxylic acid groups (broad SMARTS) is 1. The number of aryl methyl sites for hydroxylation is 2. The van der Waals surface area contributed by atoms with E-state index < -0.39 is 11.9 Å². The van der Waals surface area contributed by atoms with Crippen LogP contribution in [0.25, 0.3) is 11.3 Å². The zero-order valence-corrected chi connectivity index (χ0v) is 18.8. The summed E-state index contributed by atoms with van der Waals surface area (Å²) in [6.45, 7) is 3.71. The van der Waals surface area contributed by atoms with Crippen LogP contribution in [0.1, 0.15) is 60.6 Å². The highest BCUT2D eigenvalue weighted by molar-refractivity contribution is 5.71. The number of hydrogen-bond acceptors (Lipinski definition) is 4. The Kier molecular flexibility index (Phi) is 5.60. The average Bonchev–Trinajstić information content (AvgIpc) is 3.65. The lowest BCUT2D eigenvalue weighted by Gasteiger charge is -2.28. The Morgan fingerprint density at radius 2 is 1.94 bits per heavy atom. The van der Waals surface area contributed by atoms with Gasteiger partial charge in [0.15, 0.2) is 0 Å². The van der Waals surface area contributed by atoms with Crippen LogP contribution in [0, 0.1) is 24.6 Å². The lowest BCUT2D eigenvalue weighted by molar-refractivity contribution is -0.142. The molecule has 33 heavy (non-hydrogen) atoms. The van der Waals surface area contributed by atoms with Gasteiger partial charge in [-0.25, -0.2) is 4.39 Å². The van der Waals surface area contributed by atoms with E-state index in [0.717, 1.165) is 48.1 Å². The number of aliphatic carboxylic acids is 1. The summed E-state index contributed by atoms with van der Waals surface area (Å²) in [7, 11) is 0. The Labute approximate surface area is 192 Å². The molecule has 1 aliphatic heterocycles. The molecular weight excluding hydrogens is 419 g/mol. The topological polar surface area (TPSA) is 72.3 Å². The monoisotopic (exact) mass is 446 g/mol. The molecule has 0 radical (unpaired) electrons. The van der Waals surface area contributed by atoms with Gasteiger partial charge in [-0.2, -0.15) is 0 Å². The summed E-state index contributed by atoms with van der Waals surface area (Å²) in [5, 5.41) is 9.59. The van der Waals surface area contributed by atoms with Crippen LogP contribution in [0.4, 0.5) is 4.39 Å². The van der Waals surface area contributed by atoms with Gasteiger partial charge in [0.25, 0.3) is 0 Å². The van der Waals surface area contributed by atoms with Crippen LogP contribution < -0.4 is 4.74 Å². The van der Waals surface area contributed by atoms with E-state index in [1.807, 2.05) is 13.0 Å². The Balaban J connectivity index is 1.38. The number of carbonyl (C=O) groups is 1. The fourth-order valence-electron chi connectivity index (χ4n) is 4.86. The molecule has 0 saturated heterocycles. The number of hydrogen-bond donors (Lipinski definition) is 1. The smallest absolute Gasteiger partial charge is 0.306 e. The fourth-order valence-corrected chi connectivity index (χ4v) is 4.86. The molecule has 3 aromatic rings. The quantitative estimate of drug-likeness (QED) is 0.513. The molecule has 1 aromatic heterocycles. The lowest BCUT2D eigenvalue weighted by atomic mass is 9.82. The van der Waals surface area contributed by atoms with Crippen molar-refractivity contribution in [3.63, 3.8) is 0 Å². The third kappa shape index (κ3) is 4.34. The summed E-state index contributed by atoms with van der Waals surface area (Å²) in [6.07, 6.45) is 6.79. The van der Waals surface area contributed by atoms with Crippen molar-refractivity contribution in [2.75, 3.05) is 0 Å². The Hall–Kier alpha value is -3.28. The number of fused-ring (bicyclic) bond motifs is 1. The normalized spacial score (nSPS) is 19.3. The second-order valence-corrected chi connectivity index (χ2v) is 9.31. The van der Waals surface area contributed by atoms with Crippen LogP contribution in [0.15, 0.2) is 48.8 Å². The van der Waals surface area contributed by atoms with Crippen LogP contribution in [0.5, 0.6) is 5.75 Å². The van der Waals surface area contributed by atoms with Gasteiger partial charge in [-0.15, -0.1) is 0 Å². The first-order valence-corrected chi connectivity index (χ1v) is 11.5. The molecule has 1 N–H and O–H groups in total. The summed E-state index contributed by atoms with van der Waals surface area (Å²) in [5.41, 5.74) is 4.75. The highest BCUT2D eigenvalue weighted by Crippen LogP contribution is 2.48. The number of benzene rings is 2. The number of ether oxygens (including phenoxy) is 1. The molecule has 1 aliphatic carbocycles. The Morgan fingerprint density at radius 3 is 2.64 bits per heavy atom. The molecule has 3 atom stereocenters. The van der Waals surface area contributed by atoms with Crippen molar-refractivity contribution in [2.24, 2.45) is 11.8 Å². The Bertz CT molecular complexity index is 1190. The van der Waals surface area contributed by atoms with Crippen LogP contribution in [-0.2, 0) is 11.2 Å². The van der Waals surface area contributed by atoms with Crippen LogP contribution in [0.2, 0.25) is 0 Å². The maximum atomic E-state index is 14.2. The van der Waals surface area contributed by atoms with Crippen LogP contribution in [0.3, 0.4) is 0 Å². The van der Waals surface area contributed by atoms with Crippen LogP contribution >= 0.6 is 0 Å². The number of aromatic nitrogens is 2. The molecule has 2 heterocycles. The maximum Gasteiger partial charge on any atom is 0.306 e. The molecule has 1 saturated carbocycles. The molecule has 5 rings (SSSR count). The summed E-state index contributed by atoms with van der Waals surface area (Å²) in [4.78, 5) is 20.7. The van der Waals surface area contributed by atoms with Gasteiger partial charge in [0.2, 0.25) is 0 Å². The predicted octanol–water partition coefficient (Wildman–Crippen LogP) is 5.87. The van der Waals surface area contributed by atoms with Gasteiger partial charge in [0, 0.05) is 5.56 Å². The summed E-state index contributed by atoms with van der Waals surface area (Å²) >= 11 is 0. The average molecular weight is 447 g/mol. The molecule has 1 fully saturated rings. The van der Waals surface area contributed by atoms with Crippen molar-refractivity contribution in [1.29, 1.82) is 0 Å². The van der Waals surface area contributed by atoms with Crippen LogP contribution in [-0.4, -0.2) is 21.0 Å². The summed E-state index contributed by atoms with van der Waals surface area (Å²) < 4.78 is 20.5. The molecule has 170 valence electrons. The lowest BCUT2D eigenvalue weighted by Crippen LogP contribution is -2.21. The van der Waals surface area contributed by atoms with Gasteiger partial charge in [0.1, 0.15) is 17.7 Å². The molecule has 1 unspecified atom stereocenters. The Morgan fingerprint density at radius 1 is 1.12 bits per heavy atom. The fraction of sp³-hybridized carbons (Fsp3) is 0.370. The minimum Gasteiger partial charge on any atom is -0.484 e. The van der Waals surface area contributed by atoms with Crippen molar-refractivity contribution in [1.82, 2.24) is 9.97 Å². The molecule has 0 amide bonds. The number of halogens is 1. The molecule has 6 heteroatoms. The second kappa shape index (κ2) is 8.58. The number of nitrogens with zero attached hydrogens (tertiary/aromatic N) is 2. The first-order valence-electron chi connectivity index (χ1n) is 11.5. The van der Waals surface area contributed by atoms with E-state index in [4.69, 9.17) is 4.74 Å². The highest BCUT2D eigenvalue weighted by Gasteiger charge is 2.39. The van der Waals surface area contributed by atoms with E-state index in [2.05, 4.69) is 22.1 Å². The largest absolute Gasteiger partial charge is 0.484 e. The van der Waals surface area contributed by atoms with Gasteiger partial charge in [-0.1, -0.05) is 30.7 Å². The second-order valence-electron chi connectivity index (χ2n) is 9.31. The predicted molar refractivity (Wildman–Crippen MR) is 123 cm³/mol. The van der Waals surface area contributed by atoms with Crippen molar-refractivity contribution >= 4 is 5.97 Å². The van der Waals surface area contributed by atoms with Gasteiger partial charge in [-0.05, 0) is 73.8 Å². The van der Waals surface area contributed by atoms with E-state index in [1.165, 1.54) is 6.07 Å². The summed E-state index contributed by atoms with van der Waals surface area (Å²) in [6, 6.07) is 11.1. The molecule has 5 nitrogen and oxygen atoms in total. The molecule has 2 aromatic carbocycles. The van der Waals surface area contributed by atoms with Gasteiger partial charge < -0.3 is 9.84 Å². The first-order chi connectivity index (χ1) is 15.9. The van der Waals surface area contributed by atoms with Crippen molar-refractivity contribution in [3.8, 4) is 17.0 Å². The number of carboxylic acids is 1. The highest BCUT2D eigenvalue weighted by atomic mass is 19.1. The first kappa shape index (κ1) is 21.6. The molecule has 0 bridgehead atoms. The third-order valence-electron chi connectivity index (χ3n) is 6.88. The molecular formula is C27H27FN2O3. The SMILES string of the molecule is Cc1ccc(F)c(-c2cnc(C3CCc4ccc([C@H](C5CC5)[C@H](C)C(=O)O)cc4O3)cn2)c1. The van der Waals surface area contributed by atoms with Gasteiger partial charge >= 0.3 is 5.97 Å². The van der Waals surface area contributed by atoms with Crippen molar-refractivity contribution in [2.45, 2.75) is 51.6 Å². The van der Waals surface area contributed by atoms with E-state index in [0.29, 0.717) is 22.9 Å². The van der Waals surface area contributed by atoms with E-state index in [-0.39, 0.29) is 17.8 Å². The van der Waals surface area contributed by atoms with Gasteiger partial charge in [-0.3, -0.25) is 14.8 Å². The minimum atomic E-state index is -0.760. The number of rotatable bonds is 6. The van der Waals surface area contributed by atoms with E-state index >= 15 is 0 Å². The standard InChI is InChI=1S/C27H27FN2O3/c1-15-3-9-21(28)20(11-15)22-13-30-23(14-29-22)24-10-8-17-4-7-19(12-25(17)33-24)26(18-5-6-18)16(2)27(31)32/h3-4,7,9,11-14,16,18,24,26H,5-6,8,10H2,1-2H3,(H,31,32)/t16-,24?,26-/m0/s1. The van der Waals surface area contributed by atoms with Crippen molar-refractivity contribution in [3.05, 3.63) is 77.0 Å². The zero-order valence-electron chi connectivity index (χ0n) is 18.8. The summed E-state index contributed by atoms with van der Waals surface area (Å²) in [5.74, 6) is -0.297. The maximum absolute atomic E-state index is 14.2. The zero-order chi connectivity index (χ0) is 23.1. The van der Waals surface area contributed by atoms with Gasteiger partial charge in [0.05, 0.1) is 29.7 Å². The van der Waals surface area contributed by atoms with E-state index in [9.17, 15) is 14.3 Å². The van der Waals surface area contributed by atoms with E-state index in [1.54, 1.807) is 31.5 Å². The molecule has 0 spiro atoms. The van der Waals surface area contributed by atoms with Crippen molar-refractivity contribution < 1.29 is 19.0 Å². The minimum absolute atomic E-state index is 0.0000715. The molecule has 2 aliphatic rings.